The number of rotatable bonds is 8. The molecular formula is C61H39N7. The molecule has 0 spiro atoms. The lowest BCUT2D eigenvalue weighted by molar-refractivity contribution is 0.954. The van der Waals surface area contributed by atoms with E-state index in [2.05, 4.69) is 179 Å². The van der Waals surface area contributed by atoms with Gasteiger partial charge in [-0.1, -0.05) is 182 Å². The van der Waals surface area contributed by atoms with Crippen molar-refractivity contribution in [1.29, 1.82) is 0 Å². The van der Waals surface area contributed by atoms with Crippen molar-refractivity contribution in [3.63, 3.8) is 0 Å². The predicted molar refractivity (Wildman–Crippen MR) is 277 cm³/mol. The fraction of sp³-hybridized carbons (Fsp3) is 0. The zero-order valence-electron chi connectivity index (χ0n) is 36.6. The zero-order valence-corrected chi connectivity index (χ0v) is 36.6. The third-order valence-corrected chi connectivity index (χ3v) is 12.8. The van der Waals surface area contributed by atoms with E-state index in [0.717, 1.165) is 99.6 Å². The number of aromatic nitrogens is 7. The maximum Gasteiger partial charge on any atom is 0.238 e. The lowest BCUT2D eigenvalue weighted by atomic mass is 9.99. The zero-order chi connectivity index (χ0) is 45.0. The summed E-state index contributed by atoms with van der Waals surface area (Å²) >= 11 is 0. The van der Waals surface area contributed by atoms with E-state index in [9.17, 15) is 0 Å². The van der Waals surface area contributed by atoms with Crippen LogP contribution in [-0.2, 0) is 0 Å². The van der Waals surface area contributed by atoms with Gasteiger partial charge in [0.15, 0.2) is 17.5 Å². The minimum atomic E-state index is 0.551. The standard InChI is InChI=1S/C61H39N7/c1-5-19-40(20-6-1)46-27-13-14-28-47(46)60-64-59(43-25-11-4-12-26-43)65-61(66-60)68-53-32-18-16-30-49(53)57-55(68)38-37-54-56(57)48-29-15-17-31-52(48)67(54)45-35-33-44(34-36-45)58-62-50(41-21-7-2-8-22-41)39-51(63-58)42-23-9-3-10-24-42/h1-39H. The van der Waals surface area contributed by atoms with Crippen molar-refractivity contribution in [2.75, 3.05) is 0 Å². The molecule has 0 aliphatic heterocycles. The molecule has 13 rings (SSSR count). The molecule has 0 saturated carbocycles. The minimum absolute atomic E-state index is 0.551. The van der Waals surface area contributed by atoms with E-state index in [1.807, 2.05) is 66.7 Å². The van der Waals surface area contributed by atoms with Gasteiger partial charge in [-0.2, -0.15) is 9.97 Å². The average Bonchev–Trinajstić information content (AvgIpc) is 3.94. The molecule has 9 aromatic carbocycles. The van der Waals surface area contributed by atoms with E-state index < -0.39 is 0 Å². The van der Waals surface area contributed by atoms with Crippen LogP contribution in [0.4, 0.5) is 0 Å². The van der Waals surface area contributed by atoms with Crippen LogP contribution in [-0.4, -0.2) is 34.1 Å². The maximum absolute atomic E-state index is 5.36. The molecule has 0 N–H and O–H groups in total. The molecule has 7 heteroatoms. The second kappa shape index (κ2) is 16.3. The van der Waals surface area contributed by atoms with Crippen molar-refractivity contribution in [2.45, 2.75) is 0 Å². The van der Waals surface area contributed by atoms with Crippen LogP contribution in [0.3, 0.4) is 0 Å². The summed E-state index contributed by atoms with van der Waals surface area (Å²) in [6, 6.07) is 82.0. The van der Waals surface area contributed by atoms with Crippen LogP contribution < -0.4 is 0 Å². The molecule has 0 saturated heterocycles. The first-order valence-electron chi connectivity index (χ1n) is 22.8. The normalized spacial score (nSPS) is 11.5. The number of hydrogen-bond donors (Lipinski definition) is 0. The Hall–Kier alpha value is -9.33. The smallest absolute Gasteiger partial charge is 0.238 e. The highest BCUT2D eigenvalue weighted by Crippen LogP contribution is 2.43. The second-order valence-corrected chi connectivity index (χ2v) is 16.9. The summed E-state index contributed by atoms with van der Waals surface area (Å²) in [7, 11) is 0. The van der Waals surface area contributed by atoms with Crippen LogP contribution in [0.2, 0.25) is 0 Å². The van der Waals surface area contributed by atoms with Gasteiger partial charge in [-0.3, -0.25) is 4.57 Å². The predicted octanol–water partition coefficient (Wildman–Crippen LogP) is 14.9. The Labute approximate surface area is 392 Å². The Morgan fingerprint density at radius 3 is 1.28 bits per heavy atom. The van der Waals surface area contributed by atoms with E-state index in [1.165, 1.54) is 0 Å². The quantitative estimate of drug-likeness (QED) is 0.152. The summed E-state index contributed by atoms with van der Waals surface area (Å²) < 4.78 is 4.58. The topological polar surface area (TPSA) is 74.3 Å². The van der Waals surface area contributed by atoms with Gasteiger partial charge in [0.1, 0.15) is 0 Å². The molecule has 13 aromatic rings. The van der Waals surface area contributed by atoms with Crippen molar-refractivity contribution in [3.8, 4) is 79.4 Å². The van der Waals surface area contributed by atoms with E-state index in [4.69, 9.17) is 24.9 Å². The fourth-order valence-electron chi connectivity index (χ4n) is 9.71. The lowest BCUT2D eigenvalue weighted by Crippen LogP contribution is -2.06. The molecule has 0 fully saturated rings. The first kappa shape index (κ1) is 39.1. The number of fused-ring (bicyclic) bond motifs is 7. The van der Waals surface area contributed by atoms with Crippen LogP contribution >= 0.6 is 0 Å². The molecule has 0 aliphatic carbocycles. The monoisotopic (exact) mass is 869 g/mol. The molecule has 7 nitrogen and oxygen atoms in total. The molecule has 0 aliphatic rings. The average molecular weight is 870 g/mol. The van der Waals surface area contributed by atoms with Crippen LogP contribution in [0.1, 0.15) is 0 Å². The van der Waals surface area contributed by atoms with Crippen molar-refractivity contribution in [3.05, 3.63) is 237 Å². The number of nitrogens with zero attached hydrogens (tertiary/aromatic N) is 7. The Balaban J connectivity index is 0.996. The van der Waals surface area contributed by atoms with Gasteiger partial charge in [0.2, 0.25) is 5.95 Å². The van der Waals surface area contributed by atoms with Crippen molar-refractivity contribution in [1.82, 2.24) is 34.1 Å². The Morgan fingerprint density at radius 1 is 0.265 bits per heavy atom. The molecule has 0 radical (unpaired) electrons. The molecule has 0 atom stereocenters. The SMILES string of the molecule is c1ccc(-c2cc(-c3ccccc3)nc(-c3ccc(-n4c5ccccc5c5c6c7ccccc7n(-c7nc(-c8ccccc8)nc(-c8ccccc8-c8ccccc8)n7)c6ccc54)cc3)n2)cc1. The van der Waals surface area contributed by atoms with Gasteiger partial charge in [0.25, 0.3) is 0 Å². The van der Waals surface area contributed by atoms with Gasteiger partial charge in [0, 0.05) is 55.0 Å². The number of para-hydroxylation sites is 2. The Bertz CT molecular complexity index is 3940. The molecule has 68 heavy (non-hydrogen) atoms. The Morgan fingerprint density at radius 2 is 0.691 bits per heavy atom. The first-order chi connectivity index (χ1) is 33.7. The van der Waals surface area contributed by atoms with E-state index in [0.29, 0.717) is 23.4 Å². The van der Waals surface area contributed by atoms with Gasteiger partial charge < -0.3 is 4.57 Å². The lowest BCUT2D eigenvalue weighted by Gasteiger charge is -2.13. The van der Waals surface area contributed by atoms with Gasteiger partial charge in [-0.05, 0) is 65.7 Å². The summed E-state index contributed by atoms with van der Waals surface area (Å²) in [6.07, 6.45) is 0. The summed E-state index contributed by atoms with van der Waals surface area (Å²) in [5, 5.41) is 4.57. The molecule has 4 heterocycles. The van der Waals surface area contributed by atoms with Gasteiger partial charge in [0.05, 0.1) is 33.5 Å². The summed E-state index contributed by atoms with van der Waals surface area (Å²) in [6.45, 7) is 0. The second-order valence-electron chi connectivity index (χ2n) is 16.9. The van der Waals surface area contributed by atoms with Crippen LogP contribution in [0, 0.1) is 0 Å². The summed E-state index contributed by atoms with van der Waals surface area (Å²) in [5.74, 6) is 2.44. The molecule has 0 bridgehead atoms. The van der Waals surface area contributed by atoms with E-state index in [1.54, 1.807) is 0 Å². The summed E-state index contributed by atoms with van der Waals surface area (Å²) in [5.41, 5.74) is 14.1. The largest absolute Gasteiger partial charge is 0.309 e. The molecule has 0 amide bonds. The molecule has 318 valence electrons. The van der Waals surface area contributed by atoms with Gasteiger partial charge >= 0.3 is 0 Å². The molecule has 0 unspecified atom stereocenters. The maximum atomic E-state index is 5.36. The third-order valence-electron chi connectivity index (χ3n) is 12.8. The minimum Gasteiger partial charge on any atom is -0.309 e. The number of hydrogen-bond acceptors (Lipinski definition) is 5. The highest BCUT2D eigenvalue weighted by atomic mass is 15.2. The van der Waals surface area contributed by atoms with Crippen molar-refractivity contribution >= 4 is 43.6 Å². The van der Waals surface area contributed by atoms with Crippen LogP contribution in [0.15, 0.2) is 237 Å². The van der Waals surface area contributed by atoms with Gasteiger partial charge in [-0.15, -0.1) is 0 Å². The molecular weight excluding hydrogens is 831 g/mol. The fourth-order valence-corrected chi connectivity index (χ4v) is 9.71. The van der Waals surface area contributed by atoms with Crippen LogP contribution in [0.5, 0.6) is 0 Å². The van der Waals surface area contributed by atoms with Crippen molar-refractivity contribution < 1.29 is 0 Å². The summed E-state index contributed by atoms with van der Waals surface area (Å²) in [4.78, 5) is 26.0. The molecule has 4 aromatic heterocycles. The van der Waals surface area contributed by atoms with Gasteiger partial charge in [-0.25, -0.2) is 15.0 Å². The third kappa shape index (κ3) is 6.64. The highest BCUT2D eigenvalue weighted by molar-refractivity contribution is 6.28. The van der Waals surface area contributed by atoms with E-state index >= 15 is 0 Å². The highest BCUT2D eigenvalue weighted by Gasteiger charge is 2.23. The Kier molecular flexibility index (Phi) is 9.35. The van der Waals surface area contributed by atoms with Crippen molar-refractivity contribution in [2.24, 2.45) is 0 Å². The van der Waals surface area contributed by atoms with E-state index in [-0.39, 0.29) is 0 Å². The first-order valence-corrected chi connectivity index (χ1v) is 22.8. The number of benzene rings is 9. The van der Waals surface area contributed by atoms with Crippen LogP contribution in [0.25, 0.3) is 123 Å².